The van der Waals surface area contributed by atoms with Crippen LogP contribution in [-0.2, 0) is 4.79 Å². The van der Waals surface area contributed by atoms with Crippen LogP contribution in [0, 0.1) is 23.2 Å². The average molecular weight is 220 g/mol. The number of carboxylic acid groups (broad SMARTS) is 1. The molecule has 0 unspecified atom stereocenters. The number of rotatable bonds is 4. The van der Waals surface area contributed by atoms with E-state index in [0.717, 1.165) is 32.1 Å². The van der Waals surface area contributed by atoms with E-state index in [9.17, 15) is 9.90 Å². The van der Waals surface area contributed by atoms with Gasteiger partial charge in [0, 0.05) is 0 Å². The van der Waals surface area contributed by atoms with E-state index in [0.29, 0.717) is 17.8 Å². The van der Waals surface area contributed by atoms with E-state index in [1.165, 1.54) is 12.8 Å². The summed E-state index contributed by atoms with van der Waals surface area (Å²) in [5.41, 5.74) is -0.384. The quantitative estimate of drug-likeness (QED) is 0.738. The summed E-state index contributed by atoms with van der Waals surface area (Å²) in [4.78, 5) is 11.9. The van der Waals surface area contributed by atoms with E-state index in [-0.39, 0.29) is 5.41 Å². The highest BCUT2D eigenvalue weighted by Crippen LogP contribution is 2.59. The van der Waals surface area contributed by atoms with E-state index in [1.807, 2.05) is 0 Å². The van der Waals surface area contributed by atoms with Gasteiger partial charge in [-0.15, -0.1) is 0 Å². The van der Waals surface area contributed by atoms with E-state index < -0.39 is 5.97 Å². The topological polar surface area (TPSA) is 37.3 Å². The summed E-state index contributed by atoms with van der Waals surface area (Å²) in [6, 6.07) is 0. The van der Waals surface area contributed by atoms with Crippen LogP contribution in [-0.4, -0.2) is 11.1 Å². The van der Waals surface area contributed by atoms with Gasteiger partial charge in [-0.05, 0) is 49.9 Å². The Kier molecular flexibility index (Phi) is 2.34. The van der Waals surface area contributed by atoms with Crippen molar-refractivity contribution in [3.63, 3.8) is 0 Å². The average Bonchev–Trinajstić information content (AvgIpc) is 1.92. The fourth-order valence-electron chi connectivity index (χ4n) is 3.84. The highest BCUT2D eigenvalue weighted by Gasteiger charge is 2.58. The zero-order valence-electron chi connectivity index (χ0n) is 9.69. The van der Waals surface area contributed by atoms with E-state index >= 15 is 0 Å². The van der Waals surface area contributed by atoms with Crippen molar-refractivity contribution in [2.24, 2.45) is 23.2 Å². The summed E-state index contributed by atoms with van der Waals surface area (Å²) < 4.78 is 0. The molecule has 3 aliphatic carbocycles. The minimum atomic E-state index is -0.503. The van der Waals surface area contributed by atoms with Crippen LogP contribution in [0.5, 0.6) is 0 Å². The first-order valence-electron chi connectivity index (χ1n) is 6.66. The fourth-order valence-corrected chi connectivity index (χ4v) is 3.84. The smallest absolute Gasteiger partial charge is 0.310 e. The molecule has 0 aliphatic heterocycles. The highest BCUT2D eigenvalue weighted by molar-refractivity contribution is 5.77. The monoisotopic (exact) mass is 220 g/mol. The molecule has 0 amide bonds. The molecule has 3 aliphatic rings. The van der Waals surface area contributed by atoms with Crippen LogP contribution >= 0.6 is 0 Å². The van der Waals surface area contributed by atoms with Gasteiger partial charge >= 0.3 is 5.97 Å². The first-order chi connectivity index (χ1) is 7.76. The Bertz CT molecular complexity index is 310. The van der Waals surface area contributed by atoms with Crippen molar-refractivity contribution in [2.75, 3.05) is 0 Å². The lowest BCUT2D eigenvalue weighted by atomic mass is 9.48. The summed E-state index contributed by atoms with van der Waals surface area (Å²) >= 11 is 0. The normalized spacial score (nSPS) is 30.4. The Morgan fingerprint density at radius 1 is 1.12 bits per heavy atom. The molecule has 2 saturated carbocycles. The van der Waals surface area contributed by atoms with Gasteiger partial charge in [0.05, 0.1) is 5.41 Å². The number of allylic oxidation sites excluding steroid dienone is 2. The Morgan fingerprint density at radius 3 is 1.81 bits per heavy atom. The zero-order valence-corrected chi connectivity index (χ0v) is 9.69. The molecule has 1 N–H and O–H groups in total. The third-order valence-corrected chi connectivity index (χ3v) is 5.30. The number of hydrogen-bond donors (Lipinski definition) is 1. The molecule has 88 valence electrons. The van der Waals surface area contributed by atoms with Crippen molar-refractivity contribution in [2.45, 2.75) is 44.9 Å². The summed E-state index contributed by atoms with van der Waals surface area (Å²) in [6.07, 6.45) is 12.4. The van der Waals surface area contributed by atoms with Crippen molar-refractivity contribution in [3.05, 3.63) is 12.2 Å². The molecular weight excluding hydrogens is 200 g/mol. The molecule has 2 fully saturated rings. The van der Waals surface area contributed by atoms with Crippen molar-refractivity contribution >= 4 is 5.97 Å². The number of carbonyl (C=O) groups is 1. The predicted octanol–water partition coefficient (Wildman–Crippen LogP) is 3.23. The van der Waals surface area contributed by atoms with Crippen molar-refractivity contribution in [1.82, 2.24) is 0 Å². The van der Waals surface area contributed by atoms with Gasteiger partial charge < -0.3 is 5.11 Å². The second kappa shape index (κ2) is 3.61. The van der Waals surface area contributed by atoms with E-state index in [2.05, 4.69) is 12.2 Å². The van der Waals surface area contributed by atoms with Crippen LogP contribution < -0.4 is 0 Å². The van der Waals surface area contributed by atoms with Crippen LogP contribution in [0.3, 0.4) is 0 Å². The molecule has 0 aromatic carbocycles. The molecule has 0 bridgehead atoms. The van der Waals surface area contributed by atoms with Gasteiger partial charge in [0.1, 0.15) is 0 Å². The van der Waals surface area contributed by atoms with Gasteiger partial charge in [-0.25, -0.2) is 0 Å². The van der Waals surface area contributed by atoms with Crippen LogP contribution in [0.2, 0.25) is 0 Å². The molecule has 0 saturated heterocycles. The molecule has 2 heteroatoms. The molecule has 2 nitrogen and oxygen atoms in total. The van der Waals surface area contributed by atoms with Crippen LogP contribution in [0.4, 0.5) is 0 Å². The maximum absolute atomic E-state index is 11.9. The van der Waals surface area contributed by atoms with Gasteiger partial charge in [0.2, 0.25) is 0 Å². The maximum Gasteiger partial charge on any atom is 0.310 e. The van der Waals surface area contributed by atoms with Gasteiger partial charge in [0.15, 0.2) is 0 Å². The first-order valence-corrected chi connectivity index (χ1v) is 6.66. The standard InChI is InChI=1S/C14H20O2/c15-13(16)14(10-4-1-5-10,11-6-2-7-11)12-8-3-9-12/h1,4,10-12H,2-3,5-9H2,(H,15,16)/t10-/m0/s1. The molecule has 16 heavy (non-hydrogen) atoms. The van der Waals surface area contributed by atoms with Gasteiger partial charge in [-0.1, -0.05) is 25.0 Å². The number of hydrogen-bond acceptors (Lipinski definition) is 1. The Hall–Kier alpha value is -0.790. The third-order valence-electron chi connectivity index (χ3n) is 5.30. The maximum atomic E-state index is 11.9. The Morgan fingerprint density at radius 2 is 1.62 bits per heavy atom. The molecule has 0 aromatic heterocycles. The van der Waals surface area contributed by atoms with Gasteiger partial charge in [-0.2, -0.15) is 0 Å². The summed E-state index contributed by atoms with van der Waals surface area (Å²) in [5, 5.41) is 9.80. The van der Waals surface area contributed by atoms with Crippen LogP contribution in [0.25, 0.3) is 0 Å². The fraction of sp³-hybridized carbons (Fsp3) is 0.786. The lowest BCUT2D eigenvalue weighted by Crippen LogP contribution is -2.55. The molecule has 0 aromatic rings. The largest absolute Gasteiger partial charge is 0.481 e. The summed E-state index contributed by atoms with van der Waals surface area (Å²) in [6.45, 7) is 0. The minimum Gasteiger partial charge on any atom is -0.481 e. The molecule has 3 rings (SSSR count). The third kappa shape index (κ3) is 1.16. The molecule has 0 radical (unpaired) electrons. The van der Waals surface area contributed by atoms with E-state index in [1.54, 1.807) is 0 Å². The predicted molar refractivity (Wildman–Crippen MR) is 62.0 cm³/mol. The Balaban J connectivity index is 1.94. The van der Waals surface area contributed by atoms with Gasteiger partial charge in [-0.3, -0.25) is 4.79 Å². The Labute approximate surface area is 96.7 Å². The lowest BCUT2D eigenvalue weighted by molar-refractivity contribution is -0.171. The van der Waals surface area contributed by atoms with Crippen molar-refractivity contribution in [1.29, 1.82) is 0 Å². The SMILES string of the molecule is O=C(O)C(C1CCC1)(C1CCC1)[C@H]1C=CC1. The van der Waals surface area contributed by atoms with Gasteiger partial charge in [0.25, 0.3) is 0 Å². The molecule has 0 spiro atoms. The van der Waals surface area contributed by atoms with E-state index in [4.69, 9.17) is 0 Å². The second-order valence-electron chi connectivity index (χ2n) is 5.76. The molecule has 1 atom stereocenters. The summed E-state index contributed by atoms with van der Waals surface area (Å²) in [5.74, 6) is 0.757. The summed E-state index contributed by atoms with van der Waals surface area (Å²) in [7, 11) is 0. The second-order valence-corrected chi connectivity index (χ2v) is 5.76. The van der Waals surface area contributed by atoms with Crippen molar-refractivity contribution in [3.8, 4) is 0 Å². The molecular formula is C14H20O2. The van der Waals surface area contributed by atoms with Crippen LogP contribution in [0.1, 0.15) is 44.9 Å². The van der Waals surface area contributed by atoms with Crippen LogP contribution in [0.15, 0.2) is 12.2 Å². The van der Waals surface area contributed by atoms with Crippen molar-refractivity contribution < 1.29 is 9.90 Å². The molecule has 0 heterocycles. The minimum absolute atomic E-state index is 0.334. The number of carboxylic acids is 1. The first kappa shape index (κ1) is 10.4. The highest BCUT2D eigenvalue weighted by atomic mass is 16.4. The zero-order chi connectivity index (χ0) is 11.2. The lowest BCUT2D eigenvalue weighted by Gasteiger charge is -2.54. The number of aliphatic carboxylic acids is 1.